The summed E-state index contributed by atoms with van der Waals surface area (Å²) in [6, 6.07) is 24.2. The van der Waals surface area contributed by atoms with Crippen molar-refractivity contribution in [2.75, 3.05) is 56.3 Å². The molecule has 0 aromatic heterocycles. The van der Waals surface area contributed by atoms with Gasteiger partial charge in [0, 0.05) is 24.5 Å². The van der Waals surface area contributed by atoms with E-state index in [1.807, 2.05) is 42.5 Å². The van der Waals surface area contributed by atoms with Crippen LogP contribution in [0, 0.1) is 0 Å². The van der Waals surface area contributed by atoms with Crippen LogP contribution in [0.3, 0.4) is 0 Å². The highest BCUT2D eigenvalue weighted by molar-refractivity contribution is 8.18. The number of nitrogens with zero attached hydrogens (tertiary/aromatic N) is 2. The summed E-state index contributed by atoms with van der Waals surface area (Å²) >= 11 is 0.817. The number of hydrogen-bond donors (Lipinski definition) is 1. The molecular weight excluding hydrogens is 530 g/mol. The molecule has 10 heteroatoms. The number of nitrogens with one attached hydrogen (secondary N) is 1. The predicted octanol–water partition coefficient (Wildman–Crippen LogP) is 4.66. The highest BCUT2D eigenvalue weighted by atomic mass is 32.2. The Bertz CT molecular complexity index is 1360. The Kier molecular flexibility index (Phi) is 9.00. The first-order valence-electron chi connectivity index (χ1n) is 12.9. The van der Waals surface area contributed by atoms with Gasteiger partial charge in [-0.2, -0.15) is 0 Å². The molecule has 40 heavy (non-hydrogen) atoms. The van der Waals surface area contributed by atoms with Crippen molar-refractivity contribution in [1.29, 1.82) is 0 Å². The van der Waals surface area contributed by atoms with E-state index in [-0.39, 0.29) is 11.4 Å². The zero-order valence-corrected chi connectivity index (χ0v) is 22.6. The van der Waals surface area contributed by atoms with Crippen LogP contribution >= 0.6 is 11.8 Å². The van der Waals surface area contributed by atoms with Crippen LogP contribution in [0.25, 0.3) is 6.08 Å². The minimum Gasteiger partial charge on any atom is -0.490 e. The molecule has 1 N–H and O–H groups in total. The topological polar surface area (TPSA) is 97.4 Å². The van der Waals surface area contributed by atoms with Gasteiger partial charge in [0.1, 0.15) is 31.3 Å². The molecule has 0 atom stereocenters. The fourth-order valence-corrected chi connectivity index (χ4v) is 5.04. The fourth-order valence-electron chi connectivity index (χ4n) is 4.20. The van der Waals surface area contributed by atoms with Gasteiger partial charge >= 0.3 is 0 Å². The van der Waals surface area contributed by atoms with Crippen LogP contribution in [0.2, 0.25) is 0 Å². The maximum atomic E-state index is 12.9. The number of thioether (sulfide) groups is 1. The number of rotatable bonds is 10. The standard InChI is InChI=1S/C30H29N3O6S/c34-28(31-23-8-10-24(11-9-23)32-14-16-37-17-15-32)21-33-29(35)27(40-30(33)36)20-22-6-12-26(13-7-22)39-19-18-38-25-4-2-1-3-5-25/h1-13,20H,14-19,21H2,(H,31,34)/b27-20+. The van der Waals surface area contributed by atoms with Crippen molar-refractivity contribution in [3.8, 4) is 11.5 Å². The molecule has 2 fully saturated rings. The summed E-state index contributed by atoms with van der Waals surface area (Å²) in [4.78, 5) is 41.4. The van der Waals surface area contributed by atoms with Gasteiger partial charge < -0.3 is 24.4 Å². The summed E-state index contributed by atoms with van der Waals surface area (Å²) in [5.74, 6) is 0.509. The van der Waals surface area contributed by atoms with Crippen LogP contribution in [-0.4, -0.2) is 68.0 Å². The third-order valence-corrected chi connectivity index (χ3v) is 7.15. The number of carbonyl (C=O) groups is 3. The van der Waals surface area contributed by atoms with Crippen molar-refractivity contribution in [2.45, 2.75) is 0 Å². The van der Waals surface area contributed by atoms with Gasteiger partial charge in [0.05, 0.1) is 18.1 Å². The smallest absolute Gasteiger partial charge is 0.294 e. The van der Waals surface area contributed by atoms with E-state index in [1.54, 1.807) is 42.5 Å². The van der Waals surface area contributed by atoms with Gasteiger partial charge in [0.25, 0.3) is 11.1 Å². The van der Waals surface area contributed by atoms with Gasteiger partial charge in [0.15, 0.2) is 0 Å². The van der Waals surface area contributed by atoms with Crippen molar-refractivity contribution in [3.63, 3.8) is 0 Å². The van der Waals surface area contributed by atoms with Crippen LogP contribution in [0.4, 0.5) is 16.2 Å². The quantitative estimate of drug-likeness (QED) is 0.283. The number of ether oxygens (including phenoxy) is 3. The molecule has 0 bridgehead atoms. The number of hydrogen-bond acceptors (Lipinski definition) is 8. The van der Waals surface area contributed by atoms with Crippen molar-refractivity contribution in [2.24, 2.45) is 0 Å². The molecule has 0 saturated carbocycles. The third-order valence-electron chi connectivity index (χ3n) is 6.24. The lowest BCUT2D eigenvalue weighted by atomic mass is 10.2. The lowest BCUT2D eigenvalue weighted by Gasteiger charge is -2.28. The van der Waals surface area contributed by atoms with Crippen molar-refractivity contribution >= 4 is 46.3 Å². The van der Waals surface area contributed by atoms with E-state index in [2.05, 4.69) is 10.2 Å². The monoisotopic (exact) mass is 559 g/mol. The Balaban J connectivity index is 1.10. The molecule has 0 aliphatic carbocycles. The first-order chi connectivity index (χ1) is 19.5. The maximum absolute atomic E-state index is 12.9. The molecule has 2 saturated heterocycles. The molecule has 2 aliphatic heterocycles. The molecule has 0 spiro atoms. The number of anilines is 2. The Morgan fingerprint density at radius 3 is 2.20 bits per heavy atom. The summed E-state index contributed by atoms with van der Waals surface area (Å²) in [6.45, 7) is 3.46. The van der Waals surface area contributed by atoms with E-state index in [1.165, 1.54) is 0 Å². The van der Waals surface area contributed by atoms with Gasteiger partial charge in [-0.15, -0.1) is 0 Å². The van der Waals surface area contributed by atoms with Crippen molar-refractivity contribution in [1.82, 2.24) is 4.90 Å². The fraction of sp³-hybridized carbons (Fsp3) is 0.233. The maximum Gasteiger partial charge on any atom is 0.294 e. The number of carbonyl (C=O) groups excluding carboxylic acids is 3. The average molecular weight is 560 g/mol. The molecule has 2 heterocycles. The second kappa shape index (κ2) is 13.2. The van der Waals surface area contributed by atoms with Crippen LogP contribution < -0.4 is 19.7 Å². The molecule has 3 aromatic carbocycles. The summed E-state index contributed by atoms with van der Waals surface area (Å²) in [6.07, 6.45) is 1.63. The lowest BCUT2D eigenvalue weighted by molar-refractivity contribution is -0.127. The average Bonchev–Trinajstić information content (AvgIpc) is 3.24. The molecule has 5 rings (SSSR count). The molecule has 3 amide bonds. The number of para-hydroxylation sites is 1. The summed E-state index contributed by atoms with van der Waals surface area (Å²) < 4.78 is 16.7. The Morgan fingerprint density at radius 2 is 1.52 bits per heavy atom. The first-order valence-corrected chi connectivity index (χ1v) is 13.8. The lowest BCUT2D eigenvalue weighted by Crippen LogP contribution is -2.36. The van der Waals surface area contributed by atoms with Crippen LogP contribution in [-0.2, 0) is 14.3 Å². The van der Waals surface area contributed by atoms with Crippen LogP contribution in [0.15, 0.2) is 83.8 Å². The van der Waals surface area contributed by atoms with Crippen LogP contribution in [0.1, 0.15) is 5.56 Å². The summed E-state index contributed by atoms with van der Waals surface area (Å²) in [5, 5.41) is 2.28. The zero-order chi connectivity index (χ0) is 27.7. The van der Waals surface area contributed by atoms with E-state index in [0.29, 0.717) is 37.9 Å². The molecule has 0 radical (unpaired) electrons. The minimum absolute atomic E-state index is 0.262. The van der Waals surface area contributed by atoms with Gasteiger partial charge in [-0.3, -0.25) is 19.3 Å². The van der Waals surface area contributed by atoms with E-state index in [0.717, 1.165) is 46.8 Å². The number of morpholine rings is 1. The van der Waals surface area contributed by atoms with Gasteiger partial charge in [-0.1, -0.05) is 30.3 Å². The SMILES string of the molecule is O=C(CN1C(=O)S/C(=C/c2ccc(OCCOc3ccccc3)cc2)C1=O)Nc1ccc(N2CCOCC2)cc1. The third kappa shape index (κ3) is 7.22. The molecular formula is C30H29N3O6S. The molecule has 9 nitrogen and oxygen atoms in total. The highest BCUT2D eigenvalue weighted by Gasteiger charge is 2.36. The second-order valence-corrected chi connectivity index (χ2v) is 10.0. The van der Waals surface area contributed by atoms with Gasteiger partial charge in [0.2, 0.25) is 5.91 Å². The van der Waals surface area contributed by atoms with Gasteiger partial charge in [-0.05, 0) is 71.9 Å². The molecule has 206 valence electrons. The number of amides is 3. The second-order valence-electron chi connectivity index (χ2n) is 9.04. The van der Waals surface area contributed by atoms with E-state index in [9.17, 15) is 14.4 Å². The van der Waals surface area contributed by atoms with Crippen molar-refractivity contribution in [3.05, 3.63) is 89.3 Å². The summed E-state index contributed by atoms with van der Waals surface area (Å²) in [7, 11) is 0. The van der Waals surface area contributed by atoms with Crippen molar-refractivity contribution < 1.29 is 28.6 Å². The van der Waals surface area contributed by atoms with E-state index < -0.39 is 17.1 Å². The molecule has 0 unspecified atom stereocenters. The number of benzene rings is 3. The Labute approximate surface area is 236 Å². The minimum atomic E-state index is -0.494. The molecule has 2 aliphatic rings. The molecule has 3 aromatic rings. The van der Waals surface area contributed by atoms with E-state index in [4.69, 9.17) is 14.2 Å². The zero-order valence-electron chi connectivity index (χ0n) is 21.8. The van der Waals surface area contributed by atoms with Gasteiger partial charge in [-0.25, -0.2) is 0 Å². The largest absolute Gasteiger partial charge is 0.490 e. The van der Waals surface area contributed by atoms with Crippen LogP contribution in [0.5, 0.6) is 11.5 Å². The summed E-state index contributed by atoms with van der Waals surface area (Å²) in [5.41, 5.74) is 2.38. The normalized spacial score (nSPS) is 16.4. The predicted molar refractivity (Wildman–Crippen MR) is 155 cm³/mol. The highest BCUT2D eigenvalue weighted by Crippen LogP contribution is 2.32. The Hall–Kier alpha value is -4.28. The first kappa shape index (κ1) is 27.3. The number of imide groups is 1. The Morgan fingerprint density at radius 1 is 0.875 bits per heavy atom. The van der Waals surface area contributed by atoms with E-state index >= 15 is 0 Å².